The first kappa shape index (κ1) is 49.5. The zero-order valence-electron chi connectivity index (χ0n) is 39.0. The molecule has 2 aromatic carbocycles. The summed E-state index contributed by atoms with van der Waals surface area (Å²) in [6, 6.07) is 17.0. The van der Waals surface area contributed by atoms with Gasteiger partial charge >= 0.3 is 6.09 Å². The molecule has 2 amide bonds. The maximum absolute atomic E-state index is 14.6. The molecule has 0 spiro atoms. The van der Waals surface area contributed by atoms with Gasteiger partial charge in [-0.1, -0.05) is 112 Å². The van der Waals surface area contributed by atoms with Gasteiger partial charge in [0.25, 0.3) is 0 Å². The zero-order chi connectivity index (χ0) is 44.9. The van der Waals surface area contributed by atoms with Gasteiger partial charge in [0.05, 0.1) is 50.1 Å². The van der Waals surface area contributed by atoms with Crippen molar-refractivity contribution in [3.8, 4) is 5.75 Å². The summed E-state index contributed by atoms with van der Waals surface area (Å²) < 4.78 is 37.4. The number of benzene rings is 2. The van der Waals surface area contributed by atoms with Gasteiger partial charge in [-0.3, -0.25) is 9.59 Å². The number of amides is 2. The molecule has 0 unspecified atom stereocenters. The van der Waals surface area contributed by atoms with Gasteiger partial charge in [0.2, 0.25) is 5.91 Å². The van der Waals surface area contributed by atoms with Crippen LogP contribution in [0.3, 0.4) is 0 Å². The molecule has 0 radical (unpaired) electrons. The zero-order valence-corrected chi connectivity index (χ0v) is 40.0. The topological polar surface area (TPSA) is 130 Å². The van der Waals surface area contributed by atoms with Crippen LogP contribution in [-0.4, -0.2) is 92.2 Å². The Bertz CT molecular complexity index is 1710. The third-order valence-electron chi connectivity index (χ3n) is 13.6. The lowest BCUT2D eigenvalue weighted by atomic mass is 9.75. The molecular formula is C48H75NO10Si. The summed E-state index contributed by atoms with van der Waals surface area (Å²) in [5.74, 6) is -3.98. The lowest BCUT2D eigenvalue weighted by molar-refractivity contribution is -0.336. The summed E-state index contributed by atoms with van der Waals surface area (Å²) in [4.78, 5) is 43.0. The monoisotopic (exact) mass is 854 g/mol. The van der Waals surface area contributed by atoms with Gasteiger partial charge in [-0.15, -0.1) is 0 Å². The number of carbonyl (C=O) groups excluding carboxylic acids is 3. The van der Waals surface area contributed by atoms with E-state index in [9.17, 15) is 19.5 Å². The second kappa shape index (κ2) is 20.4. The van der Waals surface area contributed by atoms with Crippen LogP contribution >= 0.6 is 0 Å². The molecule has 2 aromatic rings. The first-order valence-corrected chi connectivity index (χ1v) is 24.9. The molecule has 0 aliphatic carbocycles. The number of hydrogen-bond acceptors (Lipinski definition) is 10. The summed E-state index contributed by atoms with van der Waals surface area (Å²) in [5, 5.41) is 12.1. The molecule has 11 nitrogen and oxygen atoms in total. The fourth-order valence-corrected chi connectivity index (χ4v) is 10.2. The number of imide groups is 1. The summed E-state index contributed by atoms with van der Waals surface area (Å²) in [6.45, 7) is 28.7. The molecular weight excluding hydrogens is 779 g/mol. The van der Waals surface area contributed by atoms with Crippen LogP contribution in [0, 0.1) is 35.5 Å². The molecule has 0 aromatic heterocycles. The predicted octanol–water partition coefficient (Wildman–Crippen LogP) is 9.24. The van der Waals surface area contributed by atoms with E-state index in [1.165, 1.54) is 4.90 Å². The summed E-state index contributed by atoms with van der Waals surface area (Å²) in [6.07, 6.45) is -2.38. The van der Waals surface area contributed by atoms with E-state index in [-0.39, 0.29) is 41.3 Å². The molecule has 2 heterocycles. The average molecular weight is 854 g/mol. The van der Waals surface area contributed by atoms with Gasteiger partial charge in [0, 0.05) is 35.7 Å². The fraction of sp³-hybridized carbons (Fsp3) is 0.688. The van der Waals surface area contributed by atoms with Crippen LogP contribution in [0.15, 0.2) is 54.6 Å². The highest BCUT2D eigenvalue weighted by molar-refractivity contribution is 6.74. The van der Waals surface area contributed by atoms with Crippen LogP contribution in [0.2, 0.25) is 18.1 Å². The van der Waals surface area contributed by atoms with Crippen LogP contribution in [-0.2, 0) is 46.0 Å². The second-order valence-electron chi connectivity index (χ2n) is 19.5. The Hall–Kier alpha value is -3.13. The number of Topliss-reactive ketones (excluding diaryl/α,β-unsaturated/α-hetero) is 1. The molecule has 0 bridgehead atoms. The fourth-order valence-electron chi connectivity index (χ4n) is 8.74. The van der Waals surface area contributed by atoms with Crippen LogP contribution in [0.5, 0.6) is 5.75 Å². The van der Waals surface area contributed by atoms with Crippen LogP contribution in [0.1, 0.15) is 101 Å². The quantitative estimate of drug-likeness (QED) is 0.137. The second-order valence-corrected chi connectivity index (χ2v) is 24.2. The first-order chi connectivity index (χ1) is 27.9. The average Bonchev–Trinajstić information content (AvgIpc) is 3.57. The first-order valence-electron chi connectivity index (χ1n) is 22.0. The number of rotatable bonds is 19. The van der Waals surface area contributed by atoms with Crippen molar-refractivity contribution in [1.29, 1.82) is 0 Å². The molecule has 4 rings (SSSR count). The molecule has 60 heavy (non-hydrogen) atoms. The normalized spacial score (nSPS) is 25.0. The minimum atomic E-state index is -2.17. The number of aliphatic hydroxyl groups is 1. The van der Waals surface area contributed by atoms with Gasteiger partial charge in [-0.2, -0.15) is 0 Å². The molecule has 12 atom stereocenters. The number of nitrogens with zero attached hydrogens (tertiary/aromatic N) is 1. The number of carbonyl (C=O) groups is 3. The standard InChI is InChI=1S/C48H75NO10Si/c1-16-39(59-60(14,15)47(8,9)10)29(2)42(55-27-36-22-24-38(54-13)25-23-36)31(4)40(50)30(3)41(51)32(5)43-33(6)44(58-48(11,12)57-43)34(7)45(52)49-37(28-56-46(49)53)26-35-20-18-17-19-21-35/h17-25,29-34,37,39,41-44,51H,16,26-28H2,1-15H3/t29-,30-,31-,32-,33+,34+,37+,39+,41+,42-,43-,44-/m0/s1. The Balaban J connectivity index is 1.54. The van der Waals surface area contributed by atoms with Gasteiger partial charge < -0.3 is 33.2 Å². The van der Waals surface area contributed by atoms with Gasteiger partial charge in [0.1, 0.15) is 18.1 Å². The molecule has 2 aliphatic heterocycles. The SMILES string of the molecule is CC[C@@H](O[Si](C)(C)C(C)(C)C)[C@H](C)[C@H](OCc1ccc(OC)cc1)[C@@H](C)C(=O)[C@H](C)[C@@H](O)[C@H](C)[C@@H]1OC(C)(C)O[C@H]([C@@H](C)C(=O)N2C(=O)OC[C@H]2Cc2ccccc2)[C@@H]1C. The van der Waals surface area contributed by atoms with E-state index >= 15 is 0 Å². The summed E-state index contributed by atoms with van der Waals surface area (Å²) >= 11 is 0. The van der Waals surface area contributed by atoms with Gasteiger partial charge in [-0.05, 0) is 68.1 Å². The molecule has 0 saturated carbocycles. The number of ether oxygens (including phenoxy) is 5. The van der Waals surface area contributed by atoms with E-state index in [1.807, 2.05) is 75.4 Å². The van der Waals surface area contributed by atoms with E-state index in [1.54, 1.807) is 34.8 Å². The lowest BCUT2D eigenvalue weighted by Gasteiger charge is -2.49. The van der Waals surface area contributed by atoms with Crippen molar-refractivity contribution in [2.24, 2.45) is 35.5 Å². The predicted molar refractivity (Wildman–Crippen MR) is 236 cm³/mol. The Morgan fingerprint density at radius 2 is 1.53 bits per heavy atom. The van der Waals surface area contributed by atoms with Crippen molar-refractivity contribution in [1.82, 2.24) is 4.90 Å². The lowest BCUT2D eigenvalue weighted by Crippen LogP contribution is -2.58. The molecule has 12 heteroatoms. The van der Waals surface area contributed by atoms with Crippen molar-refractivity contribution < 1.29 is 47.6 Å². The minimum absolute atomic E-state index is 0.00260. The van der Waals surface area contributed by atoms with E-state index in [2.05, 4.69) is 47.7 Å². The largest absolute Gasteiger partial charge is 0.497 e. The highest BCUT2D eigenvalue weighted by Gasteiger charge is 2.51. The minimum Gasteiger partial charge on any atom is -0.497 e. The van der Waals surface area contributed by atoms with E-state index < -0.39 is 74.3 Å². The molecule has 2 aliphatic rings. The molecule has 2 saturated heterocycles. The summed E-state index contributed by atoms with van der Waals surface area (Å²) in [7, 11) is -0.535. The maximum atomic E-state index is 14.6. The van der Waals surface area contributed by atoms with Crippen molar-refractivity contribution in [3.05, 3.63) is 65.7 Å². The third kappa shape index (κ3) is 11.7. The third-order valence-corrected chi connectivity index (χ3v) is 18.1. The molecule has 1 N–H and O–H groups in total. The Morgan fingerprint density at radius 1 is 0.933 bits per heavy atom. The van der Waals surface area contributed by atoms with Crippen molar-refractivity contribution in [2.75, 3.05) is 13.7 Å². The Labute approximate surface area is 361 Å². The number of methoxy groups -OCH3 is 1. The Morgan fingerprint density at radius 3 is 2.10 bits per heavy atom. The van der Waals surface area contributed by atoms with E-state index in [0.717, 1.165) is 23.3 Å². The molecule has 336 valence electrons. The van der Waals surface area contributed by atoms with Crippen LogP contribution in [0.25, 0.3) is 0 Å². The van der Waals surface area contributed by atoms with Crippen LogP contribution < -0.4 is 4.74 Å². The highest BCUT2D eigenvalue weighted by Crippen LogP contribution is 2.42. The van der Waals surface area contributed by atoms with E-state index in [0.29, 0.717) is 13.0 Å². The number of aliphatic hydroxyl groups excluding tert-OH is 1. The number of hydrogen-bond donors (Lipinski definition) is 1. The summed E-state index contributed by atoms with van der Waals surface area (Å²) in [5.41, 5.74) is 1.95. The van der Waals surface area contributed by atoms with Crippen molar-refractivity contribution in [2.45, 2.75) is 163 Å². The Kier molecular flexibility index (Phi) is 16.8. The van der Waals surface area contributed by atoms with Crippen LogP contribution in [0.4, 0.5) is 4.79 Å². The van der Waals surface area contributed by atoms with E-state index in [4.69, 9.17) is 28.1 Å². The maximum Gasteiger partial charge on any atom is 0.416 e. The molecule has 2 fully saturated rings. The highest BCUT2D eigenvalue weighted by atomic mass is 28.4. The van der Waals surface area contributed by atoms with Crippen molar-refractivity contribution >= 4 is 26.1 Å². The van der Waals surface area contributed by atoms with Gasteiger partial charge in [0.15, 0.2) is 14.1 Å². The smallest absolute Gasteiger partial charge is 0.416 e. The number of ketones is 1. The number of cyclic esters (lactones) is 1. The van der Waals surface area contributed by atoms with Crippen molar-refractivity contribution in [3.63, 3.8) is 0 Å². The van der Waals surface area contributed by atoms with Gasteiger partial charge in [-0.25, -0.2) is 9.69 Å².